The lowest BCUT2D eigenvalue weighted by atomic mass is 10.1. The van der Waals surface area contributed by atoms with Gasteiger partial charge in [-0.1, -0.05) is 31.6 Å². The van der Waals surface area contributed by atoms with E-state index < -0.39 is 0 Å². The van der Waals surface area contributed by atoms with Gasteiger partial charge in [-0.2, -0.15) is 0 Å². The number of carbonyl (C=O) groups excluding carboxylic acids is 1. The number of nitrogens with one attached hydrogen (secondary N) is 2. The summed E-state index contributed by atoms with van der Waals surface area (Å²) in [5, 5.41) is 24.1. The summed E-state index contributed by atoms with van der Waals surface area (Å²) in [5.74, 6) is -0.0269. The largest absolute Gasteiger partial charge is 0.396 e. The number of allylic oxidation sites excluding steroid dienone is 3. The third-order valence-corrected chi connectivity index (χ3v) is 4.86. The summed E-state index contributed by atoms with van der Waals surface area (Å²) in [6.07, 6.45) is 18.5. The maximum atomic E-state index is 12.1. The predicted octanol–water partition coefficient (Wildman–Crippen LogP) is 3.34. The first-order chi connectivity index (χ1) is 13.2. The number of aliphatic hydroxyl groups is 2. The second-order valence-corrected chi connectivity index (χ2v) is 7.27. The highest BCUT2D eigenvalue weighted by molar-refractivity contribution is 5.87. The minimum absolute atomic E-state index is 0.0269. The average Bonchev–Trinajstić information content (AvgIpc) is 3.07. The van der Waals surface area contributed by atoms with Crippen LogP contribution in [0.2, 0.25) is 0 Å². The molecule has 0 radical (unpaired) electrons. The zero-order valence-electron chi connectivity index (χ0n) is 16.7. The Balaban J connectivity index is 2.25. The van der Waals surface area contributed by atoms with E-state index in [9.17, 15) is 4.79 Å². The molecule has 1 saturated carbocycles. The number of hydrogen-bond acceptors (Lipinski definition) is 4. The van der Waals surface area contributed by atoms with Gasteiger partial charge < -0.3 is 20.8 Å². The van der Waals surface area contributed by atoms with E-state index in [0.29, 0.717) is 0 Å². The molecule has 1 rings (SSSR count). The smallest absolute Gasteiger partial charge is 0.243 e. The van der Waals surface area contributed by atoms with Gasteiger partial charge in [-0.3, -0.25) is 4.79 Å². The van der Waals surface area contributed by atoms with Crippen molar-refractivity contribution >= 4 is 5.91 Å². The summed E-state index contributed by atoms with van der Waals surface area (Å²) in [4.78, 5) is 12.1. The highest BCUT2D eigenvalue weighted by atomic mass is 16.3. The lowest BCUT2D eigenvalue weighted by molar-refractivity contribution is -0.117. The molecule has 0 spiro atoms. The molecule has 0 aromatic rings. The van der Waals surface area contributed by atoms with Crippen molar-refractivity contribution in [3.05, 3.63) is 36.6 Å². The van der Waals surface area contributed by atoms with Gasteiger partial charge in [-0.25, -0.2) is 0 Å². The molecule has 5 nitrogen and oxygen atoms in total. The van der Waals surface area contributed by atoms with Gasteiger partial charge in [0.25, 0.3) is 0 Å². The van der Waals surface area contributed by atoms with Crippen molar-refractivity contribution in [2.24, 2.45) is 0 Å². The molecule has 1 fully saturated rings. The van der Waals surface area contributed by atoms with Crippen LogP contribution >= 0.6 is 0 Å². The maximum Gasteiger partial charge on any atom is 0.243 e. The molecule has 4 N–H and O–H groups in total. The summed E-state index contributed by atoms with van der Waals surface area (Å²) in [7, 11) is 0. The number of unbranched alkanes of at least 4 members (excludes halogenated alkanes) is 6. The Morgan fingerprint density at radius 3 is 2.00 bits per heavy atom. The summed E-state index contributed by atoms with van der Waals surface area (Å²) in [5.41, 5.74) is 0.891. The average molecular weight is 379 g/mol. The molecule has 0 heterocycles. The van der Waals surface area contributed by atoms with Gasteiger partial charge in [0.05, 0.1) is 0 Å². The zero-order chi connectivity index (χ0) is 19.7. The highest BCUT2D eigenvalue weighted by Gasteiger charge is 2.27. The van der Waals surface area contributed by atoms with Gasteiger partial charge in [0.1, 0.15) is 0 Å². The molecule has 1 amide bonds. The molecule has 1 aliphatic rings. The molecule has 0 unspecified atom stereocenters. The summed E-state index contributed by atoms with van der Waals surface area (Å²) >= 11 is 0. The fraction of sp³-hybridized carbons (Fsp3) is 0.682. The summed E-state index contributed by atoms with van der Waals surface area (Å²) in [6, 6.07) is 0.379. The van der Waals surface area contributed by atoms with Crippen molar-refractivity contribution in [1.29, 1.82) is 0 Å². The fourth-order valence-electron chi connectivity index (χ4n) is 3.34. The first-order valence-corrected chi connectivity index (χ1v) is 10.5. The van der Waals surface area contributed by atoms with E-state index >= 15 is 0 Å². The van der Waals surface area contributed by atoms with Crippen molar-refractivity contribution in [3.8, 4) is 0 Å². The van der Waals surface area contributed by atoms with Crippen molar-refractivity contribution in [1.82, 2.24) is 10.6 Å². The van der Waals surface area contributed by atoms with Gasteiger partial charge in [0.2, 0.25) is 5.91 Å². The second kappa shape index (κ2) is 15.5. The van der Waals surface area contributed by atoms with E-state index in [0.717, 1.165) is 76.3 Å². The molecular formula is C22H38N2O3. The SMILES string of the molecule is C=C(/C=C/CCCCCO)N[C@H]1CCC[C@H]1NC(=O)/C=C/CCCCCO. The standard InChI is InChI=1S/C22H38N2O3/c1-19(13-8-4-2-6-10-17-25)23-20-14-12-15-21(20)24-22(27)16-9-5-3-7-11-18-26/h8-9,13,16,20-21,23,25-26H,1-7,10-12,14-15,17-18H2,(H,24,27)/b13-8+,16-9+/t20-,21+/m0/s1. The van der Waals surface area contributed by atoms with Crippen molar-refractivity contribution in [2.45, 2.75) is 82.7 Å². The predicted molar refractivity (Wildman–Crippen MR) is 111 cm³/mol. The molecule has 2 atom stereocenters. The summed E-state index contributed by atoms with van der Waals surface area (Å²) < 4.78 is 0. The van der Waals surface area contributed by atoms with Crippen LogP contribution in [0.3, 0.4) is 0 Å². The van der Waals surface area contributed by atoms with Gasteiger partial charge in [-0.15, -0.1) is 0 Å². The lowest BCUT2D eigenvalue weighted by Crippen LogP contribution is -2.45. The molecule has 154 valence electrons. The third kappa shape index (κ3) is 11.7. The van der Waals surface area contributed by atoms with Crippen LogP contribution in [0.15, 0.2) is 36.6 Å². The number of amides is 1. The van der Waals surface area contributed by atoms with E-state index in [4.69, 9.17) is 10.2 Å². The third-order valence-electron chi connectivity index (χ3n) is 4.86. The van der Waals surface area contributed by atoms with E-state index in [1.165, 1.54) is 0 Å². The van der Waals surface area contributed by atoms with Crippen molar-refractivity contribution < 1.29 is 15.0 Å². The van der Waals surface area contributed by atoms with Crippen LogP contribution in [0.5, 0.6) is 0 Å². The Kier molecular flexibility index (Phi) is 13.4. The minimum Gasteiger partial charge on any atom is -0.396 e. The quantitative estimate of drug-likeness (QED) is 0.200. The number of aliphatic hydroxyl groups excluding tert-OH is 2. The van der Waals surface area contributed by atoms with Crippen LogP contribution < -0.4 is 10.6 Å². The van der Waals surface area contributed by atoms with Crippen LogP contribution in [-0.4, -0.2) is 41.4 Å². The van der Waals surface area contributed by atoms with Gasteiger partial charge in [0.15, 0.2) is 0 Å². The second-order valence-electron chi connectivity index (χ2n) is 7.27. The lowest BCUT2D eigenvalue weighted by Gasteiger charge is -2.22. The van der Waals surface area contributed by atoms with Crippen LogP contribution in [0.4, 0.5) is 0 Å². The minimum atomic E-state index is -0.0269. The Hall–Kier alpha value is -1.59. The normalized spacial score (nSPS) is 19.8. The van der Waals surface area contributed by atoms with Gasteiger partial charge in [0, 0.05) is 31.0 Å². The van der Waals surface area contributed by atoms with E-state index in [1.807, 2.05) is 12.2 Å². The Labute approximate surface area is 164 Å². The first kappa shape index (κ1) is 23.4. The van der Waals surface area contributed by atoms with Gasteiger partial charge >= 0.3 is 0 Å². The van der Waals surface area contributed by atoms with Crippen LogP contribution in [-0.2, 0) is 4.79 Å². The molecule has 1 aliphatic carbocycles. The maximum absolute atomic E-state index is 12.1. The van der Waals surface area contributed by atoms with E-state index in [2.05, 4.69) is 23.3 Å². The molecule has 0 aromatic carbocycles. The topological polar surface area (TPSA) is 81.6 Å². The Morgan fingerprint density at radius 1 is 0.852 bits per heavy atom. The first-order valence-electron chi connectivity index (χ1n) is 10.5. The Morgan fingerprint density at radius 2 is 1.41 bits per heavy atom. The molecule has 5 heteroatoms. The molecule has 0 saturated heterocycles. The van der Waals surface area contributed by atoms with Crippen LogP contribution in [0, 0.1) is 0 Å². The number of carbonyl (C=O) groups is 1. The molecule has 27 heavy (non-hydrogen) atoms. The van der Waals surface area contributed by atoms with Crippen LogP contribution in [0.25, 0.3) is 0 Å². The summed E-state index contributed by atoms with van der Waals surface area (Å²) in [6.45, 7) is 4.58. The molecular weight excluding hydrogens is 340 g/mol. The van der Waals surface area contributed by atoms with E-state index in [-0.39, 0.29) is 31.2 Å². The van der Waals surface area contributed by atoms with Crippen molar-refractivity contribution in [2.75, 3.05) is 13.2 Å². The number of rotatable bonds is 15. The monoisotopic (exact) mass is 378 g/mol. The zero-order valence-corrected chi connectivity index (χ0v) is 16.7. The van der Waals surface area contributed by atoms with Crippen molar-refractivity contribution in [3.63, 3.8) is 0 Å². The van der Waals surface area contributed by atoms with Gasteiger partial charge in [-0.05, 0) is 69.9 Å². The van der Waals surface area contributed by atoms with Crippen LogP contribution in [0.1, 0.15) is 70.6 Å². The molecule has 0 aliphatic heterocycles. The molecule has 0 aromatic heterocycles. The Bertz CT molecular complexity index is 432. The number of hydrogen-bond donors (Lipinski definition) is 4. The highest BCUT2D eigenvalue weighted by Crippen LogP contribution is 2.20. The van der Waals surface area contributed by atoms with E-state index in [1.54, 1.807) is 6.08 Å². The fourth-order valence-corrected chi connectivity index (χ4v) is 3.34. The molecule has 0 bridgehead atoms.